The lowest BCUT2D eigenvalue weighted by atomic mass is 10.3. The van der Waals surface area contributed by atoms with E-state index in [0.29, 0.717) is 6.54 Å². The third-order valence-electron chi connectivity index (χ3n) is 5.55. The van der Waals surface area contributed by atoms with Crippen molar-refractivity contribution in [3.8, 4) is 0 Å². The van der Waals surface area contributed by atoms with Gasteiger partial charge in [0.2, 0.25) is 5.91 Å². The van der Waals surface area contributed by atoms with Crippen LogP contribution in [0.25, 0.3) is 10.2 Å². The molecule has 2 aromatic carbocycles. The van der Waals surface area contributed by atoms with Crippen molar-refractivity contribution in [1.82, 2.24) is 14.8 Å². The van der Waals surface area contributed by atoms with Crippen LogP contribution in [0.4, 0.5) is 18.3 Å². The van der Waals surface area contributed by atoms with Crippen LogP contribution < -0.4 is 4.90 Å². The lowest BCUT2D eigenvalue weighted by Crippen LogP contribution is -2.34. The van der Waals surface area contributed by atoms with E-state index in [1.165, 1.54) is 17.0 Å². The quantitative estimate of drug-likeness (QED) is 0.287. The number of anilines is 1. The molecule has 0 fully saturated rings. The zero-order valence-corrected chi connectivity index (χ0v) is 21.2. The first-order valence-corrected chi connectivity index (χ1v) is 13.6. The van der Waals surface area contributed by atoms with Crippen LogP contribution in [0.1, 0.15) is 24.2 Å². The Kier molecular flexibility index (Phi) is 7.46. The van der Waals surface area contributed by atoms with Crippen molar-refractivity contribution in [3.63, 3.8) is 0 Å². The van der Waals surface area contributed by atoms with Crippen LogP contribution in [0.2, 0.25) is 0 Å². The van der Waals surface area contributed by atoms with Gasteiger partial charge in [0, 0.05) is 24.7 Å². The average molecular weight is 537 g/mol. The molecule has 0 saturated carbocycles. The smallest absolute Gasteiger partial charge is 0.228 e. The molecule has 0 aliphatic heterocycles. The van der Waals surface area contributed by atoms with Gasteiger partial charge in [0.1, 0.15) is 17.2 Å². The topological polar surface area (TPSA) is 85.2 Å². The summed E-state index contributed by atoms with van der Waals surface area (Å²) in [5.74, 6) is -2.85. The van der Waals surface area contributed by atoms with E-state index in [1.54, 1.807) is 4.68 Å². The lowest BCUT2D eigenvalue weighted by Gasteiger charge is -2.20. The van der Waals surface area contributed by atoms with E-state index in [-0.39, 0.29) is 45.4 Å². The van der Waals surface area contributed by atoms with Crippen molar-refractivity contribution in [2.24, 2.45) is 0 Å². The highest BCUT2D eigenvalue weighted by Gasteiger charge is 2.23. The van der Waals surface area contributed by atoms with E-state index in [2.05, 4.69) is 10.1 Å². The van der Waals surface area contributed by atoms with Gasteiger partial charge >= 0.3 is 0 Å². The monoisotopic (exact) mass is 536 g/mol. The summed E-state index contributed by atoms with van der Waals surface area (Å²) < 4.78 is 68.2. The molecule has 7 nitrogen and oxygen atoms in total. The van der Waals surface area contributed by atoms with Gasteiger partial charge in [-0.15, -0.1) is 0 Å². The molecule has 190 valence electrons. The summed E-state index contributed by atoms with van der Waals surface area (Å²) in [6, 6.07) is 8.26. The van der Waals surface area contributed by atoms with E-state index in [1.807, 2.05) is 19.9 Å². The van der Waals surface area contributed by atoms with Gasteiger partial charge < -0.3 is 0 Å². The fourth-order valence-corrected chi connectivity index (χ4v) is 6.15. The molecule has 0 radical (unpaired) electrons. The van der Waals surface area contributed by atoms with E-state index in [9.17, 15) is 26.4 Å². The second-order valence-corrected chi connectivity index (χ2v) is 11.4. The van der Waals surface area contributed by atoms with Crippen LogP contribution in [0.3, 0.4) is 0 Å². The number of sulfone groups is 1. The molecule has 0 aliphatic rings. The highest BCUT2D eigenvalue weighted by molar-refractivity contribution is 7.91. The van der Waals surface area contributed by atoms with Crippen LogP contribution in [0.5, 0.6) is 0 Å². The van der Waals surface area contributed by atoms with Crippen molar-refractivity contribution < 1.29 is 26.4 Å². The second-order valence-electron chi connectivity index (χ2n) is 8.30. The number of hydrogen-bond acceptors (Lipinski definition) is 6. The van der Waals surface area contributed by atoms with E-state index >= 15 is 0 Å². The fraction of sp³-hybridized carbons (Fsp3) is 0.292. The molecule has 4 aromatic rings. The number of benzene rings is 2. The largest absolute Gasteiger partial charge is 0.286 e. The second kappa shape index (κ2) is 10.4. The van der Waals surface area contributed by atoms with Gasteiger partial charge in [0.25, 0.3) is 0 Å². The predicted octanol–water partition coefficient (Wildman–Crippen LogP) is 4.81. The number of thiazole rings is 1. The molecule has 36 heavy (non-hydrogen) atoms. The summed E-state index contributed by atoms with van der Waals surface area (Å²) in [7, 11) is -3.71. The summed E-state index contributed by atoms with van der Waals surface area (Å²) in [5, 5.41) is 4.57. The standard InChI is InChI=1S/C24H23F3N4O3S2/c1-15-12-16(2)31(29-15)10-9-30(24-28-23-20(27)13-18(26)14-21(23)35-24)22(32)4-3-11-36(33,34)19-7-5-17(25)6-8-19/h5-8,12-14H,3-4,9-11H2,1-2H3. The molecule has 0 saturated heterocycles. The number of aromatic nitrogens is 3. The Balaban J connectivity index is 1.53. The van der Waals surface area contributed by atoms with Crippen LogP contribution >= 0.6 is 11.3 Å². The normalized spacial score (nSPS) is 11.8. The van der Waals surface area contributed by atoms with Crippen LogP contribution in [-0.2, 0) is 21.2 Å². The number of rotatable bonds is 9. The van der Waals surface area contributed by atoms with E-state index in [0.717, 1.165) is 47.0 Å². The number of nitrogens with zero attached hydrogens (tertiary/aromatic N) is 4. The molecule has 0 N–H and O–H groups in total. The Morgan fingerprint density at radius 2 is 1.78 bits per heavy atom. The molecule has 0 unspecified atom stereocenters. The van der Waals surface area contributed by atoms with Gasteiger partial charge in [-0.2, -0.15) is 5.10 Å². The van der Waals surface area contributed by atoms with E-state index in [4.69, 9.17) is 0 Å². The maximum Gasteiger partial charge on any atom is 0.228 e. The summed E-state index contributed by atoms with van der Waals surface area (Å²) in [6.45, 7) is 4.20. The first-order chi connectivity index (χ1) is 17.0. The SMILES string of the molecule is Cc1cc(C)n(CCN(C(=O)CCCS(=O)(=O)c2ccc(F)cc2)c2nc3c(F)cc(F)cc3s2)n1. The Labute approximate surface area is 210 Å². The van der Waals surface area contributed by atoms with Crippen molar-refractivity contribution in [2.45, 2.75) is 38.1 Å². The first kappa shape index (κ1) is 25.8. The summed E-state index contributed by atoms with van der Waals surface area (Å²) >= 11 is 0.974. The molecule has 2 heterocycles. The third kappa shape index (κ3) is 5.76. The van der Waals surface area contributed by atoms with Crippen LogP contribution in [0.15, 0.2) is 47.4 Å². The average Bonchev–Trinajstić information content (AvgIpc) is 3.36. The Bertz CT molecular complexity index is 1520. The van der Waals surface area contributed by atoms with Gasteiger partial charge in [-0.3, -0.25) is 14.4 Å². The molecule has 0 spiro atoms. The number of halogens is 3. The number of fused-ring (bicyclic) bond motifs is 1. The van der Waals surface area contributed by atoms with Crippen molar-refractivity contribution >= 4 is 42.4 Å². The van der Waals surface area contributed by atoms with Gasteiger partial charge in [-0.05, 0) is 56.7 Å². The molecule has 12 heteroatoms. The summed E-state index contributed by atoms with van der Waals surface area (Å²) in [4.78, 5) is 18.8. The number of carbonyl (C=O) groups is 1. The van der Waals surface area contributed by atoms with Crippen LogP contribution in [0, 0.1) is 31.3 Å². The molecule has 4 rings (SSSR count). The van der Waals surface area contributed by atoms with Crippen LogP contribution in [-0.4, -0.2) is 41.4 Å². The van der Waals surface area contributed by atoms with Gasteiger partial charge in [-0.25, -0.2) is 26.6 Å². The minimum Gasteiger partial charge on any atom is -0.286 e. The minimum absolute atomic E-state index is 0.0167. The van der Waals surface area contributed by atoms with Gasteiger partial charge in [-0.1, -0.05) is 11.3 Å². The molecule has 0 bridgehead atoms. The van der Waals surface area contributed by atoms with Gasteiger partial charge in [0.15, 0.2) is 20.8 Å². The first-order valence-electron chi connectivity index (χ1n) is 11.1. The number of aryl methyl sites for hydroxylation is 2. The summed E-state index contributed by atoms with van der Waals surface area (Å²) in [6.07, 6.45) is -0.104. The highest BCUT2D eigenvalue weighted by Crippen LogP contribution is 2.31. The van der Waals surface area contributed by atoms with Crippen molar-refractivity contribution in [1.29, 1.82) is 0 Å². The molecule has 0 atom stereocenters. The highest BCUT2D eigenvalue weighted by atomic mass is 32.2. The Hall–Kier alpha value is -3.25. The molecular weight excluding hydrogens is 513 g/mol. The molecule has 2 aromatic heterocycles. The maximum absolute atomic E-state index is 14.2. The number of amides is 1. The third-order valence-corrected chi connectivity index (χ3v) is 8.39. The Morgan fingerprint density at radius 3 is 2.44 bits per heavy atom. The number of hydrogen-bond donors (Lipinski definition) is 0. The lowest BCUT2D eigenvalue weighted by molar-refractivity contribution is -0.118. The predicted molar refractivity (Wildman–Crippen MR) is 131 cm³/mol. The molecule has 0 aliphatic carbocycles. The van der Waals surface area contributed by atoms with E-state index < -0.39 is 33.2 Å². The van der Waals surface area contributed by atoms with Crippen molar-refractivity contribution in [2.75, 3.05) is 17.2 Å². The molecular formula is C24H23F3N4O3S2. The van der Waals surface area contributed by atoms with Gasteiger partial charge in [0.05, 0.1) is 27.6 Å². The summed E-state index contributed by atoms with van der Waals surface area (Å²) in [5.41, 5.74) is 1.66. The van der Waals surface area contributed by atoms with Crippen molar-refractivity contribution in [3.05, 3.63) is 71.3 Å². The Morgan fingerprint density at radius 1 is 1.06 bits per heavy atom. The fourth-order valence-electron chi connectivity index (χ4n) is 3.79. The zero-order chi connectivity index (χ0) is 26.0. The molecule has 1 amide bonds. The zero-order valence-electron chi connectivity index (χ0n) is 19.5. The number of carbonyl (C=O) groups excluding carboxylic acids is 1. The minimum atomic E-state index is -3.71. The maximum atomic E-state index is 14.2.